The number of benzene rings is 4. The maximum absolute atomic E-state index is 13.9. The fraction of sp³-hybridized carbons (Fsp3) is 0.277. The molecular formula is C47H47FN14O6. The van der Waals surface area contributed by atoms with Crippen molar-refractivity contribution < 1.29 is 23.7 Å². The number of methoxy groups -OCH3 is 2. The Morgan fingerprint density at radius 1 is 0.676 bits per heavy atom. The molecule has 2 aliphatic rings. The molecule has 10 rings (SSSR count). The van der Waals surface area contributed by atoms with Crippen LogP contribution in [0.25, 0.3) is 44.6 Å². The Bertz CT molecular complexity index is 3190. The quantitative estimate of drug-likeness (QED) is 0.0681. The van der Waals surface area contributed by atoms with Crippen molar-refractivity contribution in [3.05, 3.63) is 123 Å². The smallest absolute Gasteiger partial charge is 0.307 e. The van der Waals surface area contributed by atoms with Crippen LogP contribution in [0.1, 0.15) is 37.8 Å². The van der Waals surface area contributed by atoms with E-state index in [1.165, 1.54) is 20.3 Å². The molecule has 2 N–H and O–H groups in total. The van der Waals surface area contributed by atoms with Crippen LogP contribution in [-0.2, 0) is 0 Å². The maximum Gasteiger partial charge on any atom is 0.307 e. The Labute approximate surface area is 388 Å². The van der Waals surface area contributed by atoms with Crippen LogP contribution in [0.15, 0.2) is 97.3 Å². The number of fused-ring (bicyclic) bond motifs is 2. The molecule has 0 bridgehead atoms. The van der Waals surface area contributed by atoms with E-state index in [-0.39, 0.29) is 28.0 Å². The zero-order chi connectivity index (χ0) is 47.6. The van der Waals surface area contributed by atoms with Crippen molar-refractivity contribution in [3.63, 3.8) is 0 Å². The van der Waals surface area contributed by atoms with E-state index in [1.54, 1.807) is 24.5 Å². The molecule has 2 aliphatic carbocycles. The van der Waals surface area contributed by atoms with Gasteiger partial charge in [0.25, 0.3) is 5.69 Å². The number of nitrogens with one attached hydrogen (secondary N) is 2. The number of anilines is 5. The number of rotatable bonds is 16. The van der Waals surface area contributed by atoms with Gasteiger partial charge < -0.3 is 29.9 Å². The number of aromatic nitrogens is 8. The van der Waals surface area contributed by atoms with Gasteiger partial charge in [0.2, 0.25) is 17.7 Å². The highest BCUT2D eigenvalue weighted by atomic mass is 19.1. The standard InChI is InChI=1S/C26H30N8O3.C21H17FN6O3/c1-31(2)13-14-32(3)22-16-24(37-4)20(15-23(22)34(35)36)29-26-27-12-11-19(28-26)25-18-7-5-6-8-21(18)33(30-25)17-9-10-17;1-31-19-10-14(22)18(28(29)30)11-16(19)25-21-23-9-8-15(24-21)20-13-4-2-3-5-17(13)27(26-20)12-6-7-12/h5-8,11-12,15-17H,9-10,13-14H2,1-4H3,(H,27,28,29);2-5,8-12H,6-7H2,1H3,(H,23,24,25). The molecule has 0 spiro atoms. The summed E-state index contributed by atoms with van der Waals surface area (Å²) in [7, 11) is 8.63. The molecule has 0 unspecified atom stereocenters. The highest BCUT2D eigenvalue weighted by Gasteiger charge is 2.30. The van der Waals surface area contributed by atoms with Gasteiger partial charge in [0, 0.05) is 67.6 Å². The van der Waals surface area contributed by atoms with Crippen LogP contribution in [0.5, 0.6) is 11.5 Å². The minimum atomic E-state index is -0.987. The van der Waals surface area contributed by atoms with Crippen LogP contribution in [0, 0.1) is 26.0 Å². The number of nitro groups is 2. The van der Waals surface area contributed by atoms with Crippen LogP contribution in [0.4, 0.5) is 44.7 Å². The summed E-state index contributed by atoms with van der Waals surface area (Å²) < 4.78 is 28.8. The molecule has 348 valence electrons. The molecule has 8 aromatic rings. The van der Waals surface area contributed by atoms with E-state index in [0.717, 1.165) is 77.6 Å². The van der Waals surface area contributed by atoms with Crippen LogP contribution in [0.2, 0.25) is 0 Å². The second-order valence-corrected chi connectivity index (χ2v) is 16.6. The van der Waals surface area contributed by atoms with Gasteiger partial charge in [0.1, 0.15) is 28.6 Å². The Morgan fingerprint density at radius 2 is 1.15 bits per heavy atom. The first-order valence-electron chi connectivity index (χ1n) is 21.8. The Kier molecular flexibility index (Phi) is 12.5. The molecule has 4 aromatic carbocycles. The Hall–Kier alpha value is -8.33. The van der Waals surface area contributed by atoms with Gasteiger partial charge in [-0.1, -0.05) is 36.4 Å². The SMILES string of the molecule is COc1cc(F)c([N+](=O)[O-])cc1Nc1nccc(-c2nn(C3CC3)c3ccccc23)n1.COc1cc(N(C)CCN(C)C)c([N+](=O)[O-])cc1Nc1nccc(-c2nn(C3CC3)c3ccccc23)n1. The van der Waals surface area contributed by atoms with Crippen LogP contribution in [0.3, 0.4) is 0 Å². The molecule has 20 nitrogen and oxygen atoms in total. The van der Waals surface area contributed by atoms with Crippen molar-refractivity contribution in [2.45, 2.75) is 37.8 Å². The van der Waals surface area contributed by atoms with Crippen molar-refractivity contribution >= 4 is 62.1 Å². The molecule has 2 saturated carbocycles. The molecule has 4 aromatic heterocycles. The van der Waals surface area contributed by atoms with E-state index >= 15 is 0 Å². The summed E-state index contributed by atoms with van der Waals surface area (Å²) in [6.45, 7) is 1.37. The zero-order valence-corrected chi connectivity index (χ0v) is 37.8. The van der Waals surface area contributed by atoms with E-state index in [2.05, 4.69) is 36.3 Å². The van der Waals surface area contributed by atoms with Crippen molar-refractivity contribution in [3.8, 4) is 34.3 Å². The molecule has 0 radical (unpaired) electrons. The van der Waals surface area contributed by atoms with Crippen molar-refractivity contribution in [1.82, 2.24) is 44.4 Å². The molecule has 0 amide bonds. The second kappa shape index (κ2) is 18.9. The zero-order valence-electron chi connectivity index (χ0n) is 37.8. The van der Waals surface area contributed by atoms with Gasteiger partial charge in [0.05, 0.1) is 69.9 Å². The van der Waals surface area contributed by atoms with Gasteiger partial charge in [-0.3, -0.25) is 29.6 Å². The monoisotopic (exact) mass is 922 g/mol. The van der Waals surface area contributed by atoms with E-state index in [9.17, 15) is 24.6 Å². The Morgan fingerprint density at radius 3 is 1.60 bits per heavy atom. The number of halogens is 1. The van der Waals surface area contributed by atoms with Crippen molar-refractivity contribution in [2.75, 3.05) is 64.0 Å². The first-order valence-corrected chi connectivity index (χ1v) is 21.8. The van der Waals surface area contributed by atoms with Gasteiger partial charge in [-0.2, -0.15) is 14.6 Å². The third-order valence-corrected chi connectivity index (χ3v) is 11.6. The minimum absolute atomic E-state index is 0.0325. The number of ether oxygens (including phenoxy) is 2. The summed E-state index contributed by atoms with van der Waals surface area (Å²) in [5.74, 6) is 0.0418. The third-order valence-electron chi connectivity index (χ3n) is 11.6. The highest BCUT2D eigenvalue weighted by molar-refractivity contribution is 5.93. The maximum atomic E-state index is 13.9. The number of likely N-dealkylation sites (N-methyl/N-ethyl adjacent to an activating group) is 2. The lowest BCUT2D eigenvalue weighted by atomic mass is 10.1. The van der Waals surface area contributed by atoms with E-state index < -0.39 is 16.4 Å². The van der Waals surface area contributed by atoms with Crippen LogP contribution >= 0.6 is 0 Å². The summed E-state index contributed by atoms with van der Waals surface area (Å²) in [4.78, 5) is 43.5. The predicted molar refractivity (Wildman–Crippen MR) is 256 cm³/mol. The lowest BCUT2D eigenvalue weighted by molar-refractivity contribution is -0.387. The van der Waals surface area contributed by atoms with E-state index in [4.69, 9.17) is 24.7 Å². The van der Waals surface area contributed by atoms with Crippen LogP contribution in [-0.4, -0.2) is 103 Å². The topological polar surface area (TPSA) is 222 Å². The first kappa shape index (κ1) is 44.9. The lowest BCUT2D eigenvalue weighted by Gasteiger charge is -2.22. The average Bonchev–Trinajstić information content (AvgIpc) is 4.29. The number of nitro benzene ring substituents is 2. The molecule has 21 heteroatoms. The van der Waals surface area contributed by atoms with Gasteiger partial charge >= 0.3 is 5.69 Å². The molecule has 0 saturated heterocycles. The molecule has 0 atom stereocenters. The fourth-order valence-electron chi connectivity index (χ4n) is 7.79. The van der Waals surface area contributed by atoms with Gasteiger partial charge in [0.15, 0.2) is 0 Å². The van der Waals surface area contributed by atoms with E-state index in [1.807, 2.05) is 84.2 Å². The summed E-state index contributed by atoms with van der Waals surface area (Å²) in [6.07, 6.45) is 7.68. The summed E-state index contributed by atoms with van der Waals surface area (Å²) in [6, 6.07) is 25.6. The number of hydrogen-bond acceptors (Lipinski definition) is 16. The minimum Gasteiger partial charge on any atom is -0.494 e. The average molecular weight is 923 g/mol. The van der Waals surface area contributed by atoms with Crippen LogP contribution < -0.4 is 25.0 Å². The van der Waals surface area contributed by atoms with E-state index in [0.29, 0.717) is 53.1 Å². The van der Waals surface area contributed by atoms with Crippen molar-refractivity contribution in [2.24, 2.45) is 0 Å². The molecule has 4 heterocycles. The van der Waals surface area contributed by atoms with Gasteiger partial charge in [-0.25, -0.2) is 19.9 Å². The summed E-state index contributed by atoms with van der Waals surface area (Å²) in [5, 5.41) is 40.7. The van der Waals surface area contributed by atoms with Gasteiger partial charge in [-0.15, -0.1) is 0 Å². The molecule has 2 fully saturated rings. The number of para-hydroxylation sites is 2. The highest BCUT2D eigenvalue weighted by Crippen LogP contribution is 2.42. The first-order chi connectivity index (χ1) is 32.9. The molecule has 0 aliphatic heterocycles. The fourth-order valence-corrected chi connectivity index (χ4v) is 7.79. The Balaban J connectivity index is 0.000000172. The number of nitrogens with zero attached hydrogens (tertiary/aromatic N) is 12. The predicted octanol–water partition coefficient (Wildman–Crippen LogP) is 9.11. The summed E-state index contributed by atoms with van der Waals surface area (Å²) >= 11 is 0. The van der Waals surface area contributed by atoms with Crippen molar-refractivity contribution in [1.29, 1.82) is 0 Å². The molecule has 68 heavy (non-hydrogen) atoms. The second-order valence-electron chi connectivity index (χ2n) is 16.6. The normalized spacial score (nSPS) is 13.3. The third kappa shape index (κ3) is 9.36. The number of hydrogen-bond donors (Lipinski definition) is 2. The molecular weight excluding hydrogens is 876 g/mol. The lowest BCUT2D eigenvalue weighted by Crippen LogP contribution is -2.28. The largest absolute Gasteiger partial charge is 0.494 e. The van der Waals surface area contributed by atoms with Gasteiger partial charge in [-0.05, 0) is 64.0 Å². The summed E-state index contributed by atoms with van der Waals surface area (Å²) in [5.41, 5.74) is 5.26.